The van der Waals surface area contributed by atoms with E-state index in [0.29, 0.717) is 38.4 Å². The molecule has 0 aliphatic heterocycles. The average Bonchev–Trinajstić information content (AvgIpc) is 3.21. The topological polar surface area (TPSA) is 81.4 Å². The van der Waals surface area contributed by atoms with Crippen LogP contribution >= 0.6 is 34.5 Å². The molecule has 3 rings (SSSR count). The van der Waals surface area contributed by atoms with Gasteiger partial charge in [-0.25, -0.2) is 4.79 Å². The molecule has 0 saturated carbocycles. The van der Waals surface area contributed by atoms with Crippen molar-refractivity contribution in [3.63, 3.8) is 0 Å². The van der Waals surface area contributed by atoms with Crippen LogP contribution in [0.3, 0.4) is 0 Å². The third kappa shape index (κ3) is 4.10. The fourth-order valence-corrected chi connectivity index (χ4v) is 4.92. The highest BCUT2D eigenvalue weighted by Crippen LogP contribution is 2.38. The maximum absolute atomic E-state index is 13.2. The quantitative estimate of drug-likeness (QED) is 0.429. The lowest BCUT2D eigenvalue weighted by Crippen LogP contribution is -2.16. The molecule has 3 aromatic rings. The number of amides is 1. The van der Waals surface area contributed by atoms with Gasteiger partial charge < -0.3 is 14.6 Å². The second-order valence-corrected chi connectivity index (χ2v) is 8.47. The van der Waals surface area contributed by atoms with Crippen molar-refractivity contribution < 1.29 is 18.8 Å². The van der Waals surface area contributed by atoms with E-state index < -0.39 is 11.9 Å². The number of benzene rings is 1. The van der Waals surface area contributed by atoms with Crippen molar-refractivity contribution in [1.29, 1.82) is 0 Å². The van der Waals surface area contributed by atoms with Crippen LogP contribution in [0.1, 0.15) is 50.8 Å². The molecule has 6 nitrogen and oxygen atoms in total. The van der Waals surface area contributed by atoms with E-state index in [9.17, 15) is 9.59 Å². The van der Waals surface area contributed by atoms with Crippen LogP contribution in [0.15, 0.2) is 22.7 Å². The fourth-order valence-electron chi connectivity index (χ4n) is 3.21. The van der Waals surface area contributed by atoms with Gasteiger partial charge in [0, 0.05) is 10.4 Å². The van der Waals surface area contributed by atoms with Crippen molar-refractivity contribution in [2.75, 3.05) is 11.9 Å². The van der Waals surface area contributed by atoms with Gasteiger partial charge in [0.1, 0.15) is 22.0 Å². The number of rotatable bonds is 6. The molecule has 0 aliphatic carbocycles. The van der Waals surface area contributed by atoms with E-state index in [4.69, 9.17) is 32.5 Å². The molecule has 9 heteroatoms. The fraction of sp³-hybridized carbons (Fsp3) is 0.286. The molecule has 1 N–H and O–H groups in total. The van der Waals surface area contributed by atoms with Gasteiger partial charge in [-0.3, -0.25) is 4.79 Å². The Hall–Kier alpha value is -2.35. The normalized spacial score (nSPS) is 10.9. The zero-order chi connectivity index (χ0) is 22.0. The average molecular weight is 467 g/mol. The summed E-state index contributed by atoms with van der Waals surface area (Å²) in [6.45, 7) is 7.46. The van der Waals surface area contributed by atoms with Gasteiger partial charge in [0.25, 0.3) is 5.91 Å². The van der Waals surface area contributed by atoms with E-state index >= 15 is 0 Å². The Morgan fingerprint density at radius 2 is 1.83 bits per heavy atom. The Bertz CT molecular complexity index is 1100. The number of nitrogens with one attached hydrogen (secondary N) is 1. The minimum absolute atomic E-state index is 0.198. The first kappa shape index (κ1) is 22.3. The maximum atomic E-state index is 13.2. The Labute approximate surface area is 188 Å². The SMILES string of the molecule is CCOC(=O)c1c(NC(=O)c2c(-c3c(Cl)cccc3Cl)noc2C)sc(C)c1CC. The Morgan fingerprint density at radius 3 is 2.43 bits per heavy atom. The van der Waals surface area contributed by atoms with E-state index in [1.807, 2.05) is 13.8 Å². The number of hydrogen-bond donors (Lipinski definition) is 1. The van der Waals surface area contributed by atoms with E-state index in [2.05, 4.69) is 10.5 Å². The molecule has 0 aliphatic rings. The van der Waals surface area contributed by atoms with Crippen LogP contribution in [-0.4, -0.2) is 23.6 Å². The monoisotopic (exact) mass is 466 g/mol. The van der Waals surface area contributed by atoms with Gasteiger partial charge in [0.2, 0.25) is 0 Å². The van der Waals surface area contributed by atoms with Crippen molar-refractivity contribution >= 4 is 51.4 Å². The van der Waals surface area contributed by atoms with Gasteiger partial charge in [-0.2, -0.15) is 0 Å². The smallest absolute Gasteiger partial charge is 0.341 e. The first-order chi connectivity index (χ1) is 14.3. The van der Waals surface area contributed by atoms with Crippen molar-refractivity contribution in [2.24, 2.45) is 0 Å². The number of hydrogen-bond acceptors (Lipinski definition) is 6. The molecule has 158 valence electrons. The zero-order valence-electron chi connectivity index (χ0n) is 16.9. The number of aromatic nitrogens is 1. The first-order valence-corrected chi connectivity index (χ1v) is 10.9. The van der Waals surface area contributed by atoms with Gasteiger partial charge in [-0.05, 0) is 44.9 Å². The Kier molecular flexibility index (Phi) is 6.85. The van der Waals surface area contributed by atoms with Gasteiger partial charge in [0.05, 0.1) is 22.2 Å². The summed E-state index contributed by atoms with van der Waals surface area (Å²) in [6.07, 6.45) is 0.638. The number of carbonyl (C=O) groups is 2. The molecule has 0 fully saturated rings. The van der Waals surface area contributed by atoms with E-state index in [0.717, 1.165) is 10.4 Å². The summed E-state index contributed by atoms with van der Waals surface area (Å²) in [5, 5.41) is 7.94. The van der Waals surface area contributed by atoms with E-state index in [-0.39, 0.29) is 17.9 Å². The van der Waals surface area contributed by atoms with Crippen LogP contribution in [0.25, 0.3) is 11.3 Å². The predicted molar refractivity (Wildman–Crippen MR) is 119 cm³/mol. The number of thiophene rings is 1. The molecule has 0 bridgehead atoms. The maximum Gasteiger partial charge on any atom is 0.341 e. The molecule has 0 atom stereocenters. The minimum Gasteiger partial charge on any atom is -0.462 e. The summed E-state index contributed by atoms with van der Waals surface area (Å²) in [6, 6.07) is 5.01. The summed E-state index contributed by atoms with van der Waals surface area (Å²) in [5.41, 5.74) is 2.07. The Morgan fingerprint density at radius 1 is 1.17 bits per heavy atom. The lowest BCUT2D eigenvalue weighted by Gasteiger charge is -2.09. The van der Waals surface area contributed by atoms with Gasteiger partial charge in [0.15, 0.2) is 0 Å². The molecule has 2 heterocycles. The molecular weight excluding hydrogens is 447 g/mol. The number of ether oxygens (including phenoxy) is 1. The van der Waals surface area contributed by atoms with Crippen molar-refractivity contribution in [2.45, 2.75) is 34.1 Å². The van der Waals surface area contributed by atoms with Gasteiger partial charge in [-0.1, -0.05) is 41.3 Å². The molecule has 30 heavy (non-hydrogen) atoms. The number of nitrogens with zero attached hydrogens (tertiary/aromatic N) is 1. The molecule has 0 saturated heterocycles. The number of aryl methyl sites for hydroxylation is 2. The summed E-state index contributed by atoms with van der Waals surface area (Å²) in [5.74, 6) is -0.639. The summed E-state index contributed by atoms with van der Waals surface area (Å²) in [4.78, 5) is 26.7. The first-order valence-electron chi connectivity index (χ1n) is 9.31. The third-order valence-electron chi connectivity index (χ3n) is 4.56. The van der Waals surface area contributed by atoms with Gasteiger partial charge in [-0.15, -0.1) is 11.3 Å². The molecule has 1 amide bonds. The second kappa shape index (κ2) is 9.20. The zero-order valence-corrected chi connectivity index (χ0v) is 19.2. The minimum atomic E-state index is -0.478. The van der Waals surface area contributed by atoms with Crippen LogP contribution in [0.5, 0.6) is 0 Å². The molecular formula is C21H20Cl2N2O4S. The number of esters is 1. The van der Waals surface area contributed by atoms with Gasteiger partial charge >= 0.3 is 5.97 Å². The van der Waals surface area contributed by atoms with E-state index in [1.54, 1.807) is 32.0 Å². The third-order valence-corrected chi connectivity index (χ3v) is 6.25. The van der Waals surface area contributed by atoms with Crippen molar-refractivity contribution in [3.8, 4) is 11.3 Å². The molecule has 1 aromatic carbocycles. The van der Waals surface area contributed by atoms with Crippen LogP contribution < -0.4 is 5.32 Å². The number of carbonyl (C=O) groups excluding carboxylic acids is 2. The summed E-state index contributed by atoms with van der Waals surface area (Å²) >= 11 is 13.9. The van der Waals surface area contributed by atoms with Crippen molar-refractivity contribution in [1.82, 2.24) is 5.16 Å². The second-order valence-electron chi connectivity index (χ2n) is 6.43. The highest BCUT2D eigenvalue weighted by molar-refractivity contribution is 7.16. The molecule has 0 unspecified atom stereocenters. The van der Waals surface area contributed by atoms with Crippen LogP contribution in [-0.2, 0) is 11.2 Å². The van der Waals surface area contributed by atoms with Crippen LogP contribution in [0.2, 0.25) is 10.0 Å². The highest BCUT2D eigenvalue weighted by Gasteiger charge is 2.28. The molecule has 2 aromatic heterocycles. The summed E-state index contributed by atoms with van der Waals surface area (Å²) < 4.78 is 10.5. The lowest BCUT2D eigenvalue weighted by atomic mass is 10.0. The predicted octanol–water partition coefficient (Wildman–Crippen LogP) is 6.32. The largest absolute Gasteiger partial charge is 0.462 e. The molecule has 0 radical (unpaired) electrons. The standard InChI is InChI=1S/C21H20Cl2N2O4S/c1-5-12-11(4)30-20(16(12)21(27)28-6-2)24-19(26)15-10(3)29-25-18(15)17-13(22)8-7-9-14(17)23/h7-9H,5-6H2,1-4H3,(H,24,26). The number of anilines is 1. The highest BCUT2D eigenvalue weighted by atomic mass is 35.5. The molecule has 0 spiro atoms. The number of halogens is 2. The van der Waals surface area contributed by atoms with Crippen LogP contribution in [0, 0.1) is 13.8 Å². The van der Waals surface area contributed by atoms with Crippen molar-refractivity contribution in [3.05, 3.63) is 55.6 Å². The van der Waals surface area contributed by atoms with Crippen LogP contribution in [0.4, 0.5) is 5.00 Å². The Balaban J connectivity index is 2.05. The summed E-state index contributed by atoms with van der Waals surface area (Å²) in [7, 11) is 0. The van der Waals surface area contributed by atoms with E-state index in [1.165, 1.54) is 11.3 Å². The lowest BCUT2D eigenvalue weighted by molar-refractivity contribution is 0.0527.